The Bertz CT molecular complexity index is 440. The molecule has 0 saturated carbocycles. The third-order valence-corrected chi connectivity index (χ3v) is 4.02. The molecule has 0 bridgehead atoms. The van der Waals surface area contributed by atoms with Crippen molar-refractivity contribution in [3.05, 3.63) is 29.8 Å². The maximum Gasteiger partial charge on any atom is 0.227 e. The minimum absolute atomic E-state index is 0.168. The van der Waals surface area contributed by atoms with E-state index in [0.717, 1.165) is 43.7 Å². The molecule has 1 N–H and O–H groups in total. The summed E-state index contributed by atoms with van der Waals surface area (Å²) in [6.07, 6.45) is 3.66. The average Bonchev–Trinajstić information content (AvgIpc) is 2.76. The summed E-state index contributed by atoms with van der Waals surface area (Å²) in [4.78, 5) is 14.4. The third kappa shape index (κ3) is 3.73. The van der Waals surface area contributed by atoms with Crippen LogP contribution in [0.25, 0.3) is 0 Å². The first-order valence-corrected chi connectivity index (χ1v) is 7.30. The number of amides is 1. The fourth-order valence-corrected chi connectivity index (χ4v) is 2.73. The Hall–Kier alpha value is -1.55. The number of carbonyl (C=O) groups excluding carboxylic acids is 1. The van der Waals surface area contributed by atoms with Gasteiger partial charge >= 0.3 is 0 Å². The number of hydrogen-bond donors (Lipinski definition) is 1. The van der Waals surface area contributed by atoms with Gasteiger partial charge in [0, 0.05) is 18.7 Å². The van der Waals surface area contributed by atoms with Crippen LogP contribution >= 0.6 is 0 Å². The topological polar surface area (TPSA) is 41.6 Å². The second-order valence-corrected chi connectivity index (χ2v) is 5.33. The van der Waals surface area contributed by atoms with Gasteiger partial charge < -0.3 is 15.0 Å². The lowest BCUT2D eigenvalue weighted by atomic mass is 10.1. The number of likely N-dealkylation sites (N-methyl/N-ethyl adjacent to an activating group) is 1. The predicted molar refractivity (Wildman–Crippen MR) is 80.0 cm³/mol. The SMILES string of the molecule is COc1ccccc1CC(=O)N(C)C1CCCNCC1. The maximum atomic E-state index is 12.4. The number of rotatable bonds is 4. The van der Waals surface area contributed by atoms with E-state index in [9.17, 15) is 4.79 Å². The number of ether oxygens (including phenoxy) is 1. The molecule has 1 aromatic carbocycles. The highest BCUT2D eigenvalue weighted by Crippen LogP contribution is 2.20. The molecule has 1 fully saturated rings. The number of carbonyl (C=O) groups is 1. The Morgan fingerprint density at radius 3 is 2.95 bits per heavy atom. The highest BCUT2D eigenvalue weighted by atomic mass is 16.5. The van der Waals surface area contributed by atoms with Crippen LogP contribution in [0.15, 0.2) is 24.3 Å². The van der Waals surface area contributed by atoms with Gasteiger partial charge in [0.2, 0.25) is 5.91 Å². The van der Waals surface area contributed by atoms with Gasteiger partial charge in [-0.2, -0.15) is 0 Å². The normalized spacial score (nSPS) is 19.2. The first-order valence-electron chi connectivity index (χ1n) is 7.30. The summed E-state index contributed by atoms with van der Waals surface area (Å²) < 4.78 is 5.31. The van der Waals surface area contributed by atoms with Crippen molar-refractivity contribution in [3.8, 4) is 5.75 Å². The van der Waals surface area contributed by atoms with Crippen molar-refractivity contribution in [1.29, 1.82) is 0 Å². The zero-order valence-corrected chi connectivity index (χ0v) is 12.4. The monoisotopic (exact) mass is 276 g/mol. The fraction of sp³-hybridized carbons (Fsp3) is 0.562. The number of methoxy groups -OCH3 is 1. The van der Waals surface area contributed by atoms with Crippen LogP contribution in [-0.4, -0.2) is 44.1 Å². The molecule has 0 radical (unpaired) electrons. The molecule has 1 heterocycles. The Kier molecular flexibility index (Phi) is 5.41. The van der Waals surface area contributed by atoms with Crippen molar-refractivity contribution in [2.75, 3.05) is 27.2 Å². The van der Waals surface area contributed by atoms with Gasteiger partial charge in [-0.05, 0) is 38.4 Å². The molecular formula is C16H24N2O2. The Morgan fingerprint density at radius 1 is 1.35 bits per heavy atom. The van der Waals surface area contributed by atoms with E-state index in [1.54, 1.807) is 7.11 Å². The fourth-order valence-electron chi connectivity index (χ4n) is 2.73. The minimum atomic E-state index is 0.168. The number of benzene rings is 1. The summed E-state index contributed by atoms with van der Waals surface area (Å²) in [6.45, 7) is 2.06. The van der Waals surface area contributed by atoms with E-state index in [0.29, 0.717) is 12.5 Å². The summed E-state index contributed by atoms with van der Waals surface area (Å²) in [6, 6.07) is 8.08. The van der Waals surface area contributed by atoms with Gasteiger partial charge in [-0.25, -0.2) is 0 Å². The average molecular weight is 276 g/mol. The highest BCUT2D eigenvalue weighted by Gasteiger charge is 2.21. The third-order valence-electron chi connectivity index (χ3n) is 4.02. The molecule has 20 heavy (non-hydrogen) atoms. The molecule has 4 nitrogen and oxygen atoms in total. The molecule has 1 aromatic rings. The van der Waals surface area contributed by atoms with E-state index in [-0.39, 0.29) is 5.91 Å². The smallest absolute Gasteiger partial charge is 0.227 e. The van der Waals surface area contributed by atoms with E-state index in [4.69, 9.17) is 4.74 Å². The molecule has 1 amide bonds. The van der Waals surface area contributed by atoms with Crippen molar-refractivity contribution in [2.45, 2.75) is 31.7 Å². The molecule has 0 spiro atoms. The van der Waals surface area contributed by atoms with Crippen LogP contribution in [0, 0.1) is 0 Å². The molecule has 1 aliphatic rings. The summed E-state index contributed by atoms with van der Waals surface area (Å²) >= 11 is 0. The highest BCUT2D eigenvalue weighted by molar-refractivity contribution is 5.79. The van der Waals surface area contributed by atoms with Crippen molar-refractivity contribution < 1.29 is 9.53 Å². The van der Waals surface area contributed by atoms with E-state index < -0.39 is 0 Å². The number of nitrogens with one attached hydrogen (secondary N) is 1. The van der Waals surface area contributed by atoms with Gasteiger partial charge in [-0.1, -0.05) is 18.2 Å². The van der Waals surface area contributed by atoms with Crippen molar-refractivity contribution >= 4 is 5.91 Å². The predicted octanol–water partition coefficient (Wildman–Crippen LogP) is 1.84. The van der Waals surface area contributed by atoms with Gasteiger partial charge in [0.15, 0.2) is 0 Å². The van der Waals surface area contributed by atoms with Crippen molar-refractivity contribution in [2.24, 2.45) is 0 Å². The molecule has 1 aliphatic heterocycles. The molecule has 1 unspecified atom stereocenters. The van der Waals surface area contributed by atoms with Gasteiger partial charge in [-0.3, -0.25) is 4.79 Å². The number of nitrogens with zero attached hydrogens (tertiary/aromatic N) is 1. The summed E-state index contributed by atoms with van der Waals surface area (Å²) in [5.74, 6) is 0.957. The van der Waals surface area contributed by atoms with Crippen LogP contribution in [0.4, 0.5) is 0 Å². The molecule has 1 saturated heterocycles. The Labute approximate surface area is 121 Å². The number of hydrogen-bond acceptors (Lipinski definition) is 3. The van der Waals surface area contributed by atoms with Gasteiger partial charge in [0.1, 0.15) is 5.75 Å². The van der Waals surface area contributed by atoms with Crippen LogP contribution in [0.3, 0.4) is 0 Å². The molecule has 1 atom stereocenters. The minimum Gasteiger partial charge on any atom is -0.496 e. The second kappa shape index (κ2) is 7.29. The molecular weight excluding hydrogens is 252 g/mol. The maximum absolute atomic E-state index is 12.4. The lowest BCUT2D eigenvalue weighted by molar-refractivity contribution is -0.131. The van der Waals surface area contributed by atoms with Crippen LogP contribution in [0.5, 0.6) is 5.75 Å². The summed E-state index contributed by atoms with van der Waals surface area (Å²) in [5, 5.41) is 3.38. The van der Waals surface area contributed by atoms with Crippen LogP contribution in [0.2, 0.25) is 0 Å². The van der Waals surface area contributed by atoms with Crippen LogP contribution < -0.4 is 10.1 Å². The Balaban J connectivity index is 1.99. The summed E-state index contributed by atoms with van der Waals surface area (Å²) in [5.41, 5.74) is 0.957. The first-order chi connectivity index (χ1) is 9.72. The van der Waals surface area contributed by atoms with Crippen molar-refractivity contribution in [1.82, 2.24) is 10.2 Å². The molecule has 110 valence electrons. The molecule has 2 rings (SSSR count). The zero-order valence-electron chi connectivity index (χ0n) is 12.4. The zero-order chi connectivity index (χ0) is 14.4. The lowest BCUT2D eigenvalue weighted by Crippen LogP contribution is -2.38. The lowest BCUT2D eigenvalue weighted by Gasteiger charge is -2.27. The van der Waals surface area contributed by atoms with E-state index in [1.165, 1.54) is 0 Å². The molecule has 0 aliphatic carbocycles. The van der Waals surface area contributed by atoms with Gasteiger partial charge in [0.25, 0.3) is 0 Å². The van der Waals surface area contributed by atoms with Crippen LogP contribution in [0.1, 0.15) is 24.8 Å². The van der Waals surface area contributed by atoms with Gasteiger partial charge in [0.05, 0.1) is 13.5 Å². The molecule has 0 aromatic heterocycles. The number of para-hydroxylation sites is 1. The van der Waals surface area contributed by atoms with E-state index >= 15 is 0 Å². The first kappa shape index (κ1) is 14.9. The second-order valence-electron chi connectivity index (χ2n) is 5.33. The molecule has 4 heteroatoms. The quantitative estimate of drug-likeness (QED) is 0.912. The Morgan fingerprint density at radius 2 is 2.15 bits per heavy atom. The van der Waals surface area contributed by atoms with Crippen molar-refractivity contribution in [3.63, 3.8) is 0 Å². The van der Waals surface area contributed by atoms with Gasteiger partial charge in [-0.15, -0.1) is 0 Å². The van der Waals surface area contributed by atoms with Crippen LogP contribution in [-0.2, 0) is 11.2 Å². The van der Waals surface area contributed by atoms with E-state index in [1.807, 2.05) is 36.2 Å². The standard InChI is InChI=1S/C16H24N2O2/c1-18(14-7-5-10-17-11-9-14)16(19)12-13-6-3-4-8-15(13)20-2/h3-4,6,8,14,17H,5,7,9-12H2,1-2H3. The largest absolute Gasteiger partial charge is 0.496 e. The summed E-state index contributed by atoms with van der Waals surface area (Å²) in [7, 11) is 3.57. The van der Waals surface area contributed by atoms with E-state index in [2.05, 4.69) is 5.32 Å².